The lowest BCUT2D eigenvalue weighted by molar-refractivity contribution is -0.278. The largest absolute Gasteiger partial charge is 0.374 e. The summed E-state index contributed by atoms with van der Waals surface area (Å²) < 4.78 is 7.55. The van der Waals surface area contributed by atoms with Crippen molar-refractivity contribution in [1.29, 1.82) is 0 Å². The number of carbonyl (C=O) groups excluding carboxylic acids is 3. The normalized spacial score (nSPS) is 16.4. The van der Waals surface area contributed by atoms with Crippen molar-refractivity contribution in [3.05, 3.63) is 84.3 Å². The molecule has 0 spiro atoms. The molecule has 1 fully saturated rings. The van der Waals surface area contributed by atoms with E-state index in [0.717, 1.165) is 24.0 Å². The van der Waals surface area contributed by atoms with Crippen LogP contribution in [0.2, 0.25) is 0 Å². The second kappa shape index (κ2) is 15.6. The molecule has 0 bridgehead atoms. The van der Waals surface area contributed by atoms with Gasteiger partial charge in [-0.1, -0.05) is 81.4 Å². The number of amides is 3. The molecule has 3 aromatic rings. The Morgan fingerprint density at radius 1 is 1.02 bits per heavy atom. The van der Waals surface area contributed by atoms with Crippen molar-refractivity contribution in [1.82, 2.24) is 19.8 Å². The number of carbonyl (C=O) groups is 3. The first-order valence-corrected chi connectivity index (χ1v) is 14.9. The van der Waals surface area contributed by atoms with Gasteiger partial charge in [0.2, 0.25) is 11.8 Å². The number of ether oxygens (including phenoxy) is 1. The van der Waals surface area contributed by atoms with Crippen molar-refractivity contribution in [2.24, 2.45) is 5.41 Å². The van der Waals surface area contributed by atoms with Crippen LogP contribution in [0.1, 0.15) is 50.8 Å². The molecule has 4 rings (SSSR count). The molecular weight excluding hydrogens is 562 g/mol. The minimum absolute atomic E-state index is 0.0295. The zero-order chi connectivity index (χ0) is 31.5. The van der Waals surface area contributed by atoms with Gasteiger partial charge in [0.05, 0.1) is 32.7 Å². The van der Waals surface area contributed by atoms with Gasteiger partial charge in [-0.2, -0.15) is 0 Å². The predicted molar refractivity (Wildman–Crippen MR) is 165 cm³/mol. The molecule has 236 valence electrons. The molecule has 0 saturated carbocycles. The van der Waals surface area contributed by atoms with Crippen LogP contribution in [0.4, 0.5) is 5.82 Å². The Balaban J connectivity index is 1.50. The Hall–Kier alpha value is -4.06. The monoisotopic (exact) mass is 605 g/mol. The molecule has 1 aliphatic heterocycles. The summed E-state index contributed by atoms with van der Waals surface area (Å²) in [6.45, 7) is 6.51. The first-order valence-electron chi connectivity index (χ1n) is 14.9. The number of benzene rings is 2. The van der Waals surface area contributed by atoms with Crippen LogP contribution in [0.15, 0.2) is 73.2 Å². The maximum absolute atomic E-state index is 13.9. The van der Waals surface area contributed by atoms with Gasteiger partial charge >= 0.3 is 0 Å². The third-order valence-corrected chi connectivity index (χ3v) is 7.51. The van der Waals surface area contributed by atoms with Crippen molar-refractivity contribution in [2.75, 3.05) is 32.2 Å². The molecule has 44 heavy (non-hydrogen) atoms. The van der Waals surface area contributed by atoms with E-state index >= 15 is 0 Å². The SMILES string of the molecule is COOCC1CCCN1C(=O)C(Cc1ccccc1)n1cnc(NC(=O)C(COCc2ccccc2)NC(=O)C(C)(C)C)c1. The molecule has 2 aromatic carbocycles. The van der Waals surface area contributed by atoms with E-state index in [1.807, 2.05) is 65.6 Å². The van der Waals surface area contributed by atoms with Gasteiger partial charge in [-0.25, -0.2) is 14.8 Å². The minimum atomic E-state index is -0.955. The van der Waals surface area contributed by atoms with E-state index < -0.39 is 23.4 Å². The zero-order valence-electron chi connectivity index (χ0n) is 25.9. The molecule has 3 amide bonds. The average Bonchev–Trinajstić information content (AvgIpc) is 3.68. The maximum atomic E-state index is 13.9. The summed E-state index contributed by atoms with van der Waals surface area (Å²) in [4.78, 5) is 56.4. The Kier molecular flexibility index (Phi) is 11.6. The second-order valence-corrected chi connectivity index (χ2v) is 12.0. The number of hydrogen-bond acceptors (Lipinski definition) is 7. The lowest BCUT2D eigenvalue weighted by Crippen LogP contribution is -2.50. The standard InChI is InChI=1S/C33H43N5O6/c1-33(2,3)32(41)35-27(22-43-20-25-14-9-6-10-15-25)30(39)36-29-19-37(23-34-29)28(18-24-12-7-5-8-13-24)31(40)38-17-11-16-26(38)21-44-42-4/h5-10,12-15,19,23,26-28H,11,16-18,20-22H2,1-4H3,(H,35,41)(H,36,39). The van der Waals surface area contributed by atoms with Gasteiger partial charge < -0.3 is 24.8 Å². The molecule has 1 aromatic heterocycles. The van der Waals surface area contributed by atoms with Crippen LogP contribution >= 0.6 is 0 Å². The van der Waals surface area contributed by atoms with E-state index in [2.05, 4.69) is 15.6 Å². The van der Waals surface area contributed by atoms with Crippen molar-refractivity contribution < 1.29 is 28.9 Å². The first kappa shape index (κ1) is 32.8. The van der Waals surface area contributed by atoms with E-state index in [1.54, 1.807) is 37.9 Å². The predicted octanol–water partition coefficient (Wildman–Crippen LogP) is 3.92. The zero-order valence-corrected chi connectivity index (χ0v) is 25.9. The fraction of sp³-hybridized carbons (Fsp3) is 0.455. The third-order valence-electron chi connectivity index (χ3n) is 7.51. The van der Waals surface area contributed by atoms with Gasteiger partial charge in [-0.05, 0) is 24.0 Å². The molecule has 2 heterocycles. The number of aromatic nitrogens is 2. The van der Waals surface area contributed by atoms with E-state index in [9.17, 15) is 14.4 Å². The summed E-state index contributed by atoms with van der Waals surface area (Å²) in [7, 11) is 1.45. The second-order valence-electron chi connectivity index (χ2n) is 12.0. The van der Waals surface area contributed by atoms with Crippen molar-refractivity contribution in [3.63, 3.8) is 0 Å². The van der Waals surface area contributed by atoms with E-state index in [1.165, 1.54) is 7.11 Å². The molecule has 1 saturated heterocycles. The lowest BCUT2D eigenvalue weighted by Gasteiger charge is -2.29. The molecule has 1 aliphatic rings. The highest BCUT2D eigenvalue weighted by Gasteiger charge is 2.35. The number of imidazole rings is 1. The quantitative estimate of drug-likeness (QED) is 0.211. The van der Waals surface area contributed by atoms with Gasteiger partial charge in [0.25, 0.3) is 5.91 Å². The first-order chi connectivity index (χ1) is 21.2. The van der Waals surface area contributed by atoms with Crippen LogP contribution < -0.4 is 10.6 Å². The number of rotatable bonds is 14. The molecule has 3 atom stereocenters. The Morgan fingerprint density at radius 3 is 2.36 bits per heavy atom. The number of anilines is 1. The molecule has 11 nitrogen and oxygen atoms in total. The van der Waals surface area contributed by atoms with Gasteiger partial charge in [0.15, 0.2) is 5.82 Å². The summed E-state index contributed by atoms with van der Waals surface area (Å²) >= 11 is 0. The van der Waals surface area contributed by atoms with Crippen LogP contribution in [0, 0.1) is 5.41 Å². The van der Waals surface area contributed by atoms with E-state index in [0.29, 0.717) is 26.2 Å². The van der Waals surface area contributed by atoms with Gasteiger partial charge in [0, 0.05) is 24.6 Å². The number of likely N-dealkylation sites (tertiary alicyclic amines) is 1. The summed E-state index contributed by atoms with van der Waals surface area (Å²) in [6.07, 6.45) is 5.34. The number of nitrogens with zero attached hydrogens (tertiary/aromatic N) is 3. The average molecular weight is 606 g/mol. The molecular formula is C33H43N5O6. The van der Waals surface area contributed by atoms with Gasteiger partial charge in [0.1, 0.15) is 18.7 Å². The molecule has 2 N–H and O–H groups in total. The van der Waals surface area contributed by atoms with E-state index in [-0.39, 0.29) is 30.3 Å². The topological polar surface area (TPSA) is 124 Å². The Labute approximate surface area is 258 Å². The Bertz CT molecular complexity index is 1360. The lowest BCUT2D eigenvalue weighted by atomic mass is 9.95. The molecule has 0 radical (unpaired) electrons. The summed E-state index contributed by atoms with van der Waals surface area (Å²) in [5, 5.41) is 5.61. The Morgan fingerprint density at radius 2 is 1.70 bits per heavy atom. The highest BCUT2D eigenvalue weighted by Crippen LogP contribution is 2.26. The minimum Gasteiger partial charge on any atom is -0.374 e. The molecule has 11 heteroatoms. The van der Waals surface area contributed by atoms with Crippen molar-refractivity contribution in [3.8, 4) is 0 Å². The number of nitrogens with one attached hydrogen (secondary N) is 2. The van der Waals surface area contributed by atoms with Crippen LogP contribution in [-0.2, 0) is 41.9 Å². The molecule has 0 aliphatic carbocycles. The van der Waals surface area contributed by atoms with Crippen molar-refractivity contribution in [2.45, 2.75) is 64.8 Å². The summed E-state index contributed by atoms with van der Waals surface area (Å²) in [5.74, 6) is -0.545. The highest BCUT2D eigenvalue weighted by atomic mass is 17.2. The van der Waals surface area contributed by atoms with Crippen LogP contribution in [0.3, 0.4) is 0 Å². The van der Waals surface area contributed by atoms with Crippen molar-refractivity contribution >= 4 is 23.5 Å². The fourth-order valence-corrected chi connectivity index (χ4v) is 5.01. The highest BCUT2D eigenvalue weighted by molar-refractivity contribution is 5.97. The summed E-state index contributed by atoms with van der Waals surface area (Å²) in [6, 6.07) is 17.7. The van der Waals surface area contributed by atoms with E-state index in [4.69, 9.17) is 14.5 Å². The smallest absolute Gasteiger partial charge is 0.250 e. The van der Waals surface area contributed by atoms with Gasteiger partial charge in [-0.3, -0.25) is 14.4 Å². The van der Waals surface area contributed by atoms with Crippen LogP contribution in [0.5, 0.6) is 0 Å². The van der Waals surface area contributed by atoms with Crippen LogP contribution in [-0.4, -0.2) is 71.1 Å². The van der Waals surface area contributed by atoms with Crippen LogP contribution in [0.25, 0.3) is 0 Å². The third kappa shape index (κ3) is 9.22. The van der Waals surface area contributed by atoms with Gasteiger partial charge in [-0.15, -0.1) is 0 Å². The summed E-state index contributed by atoms with van der Waals surface area (Å²) in [5.41, 5.74) is 1.25. The molecule has 3 unspecified atom stereocenters. The maximum Gasteiger partial charge on any atom is 0.250 e. The fourth-order valence-electron chi connectivity index (χ4n) is 5.01. The number of hydrogen-bond donors (Lipinski definition) is 2.